The molecule has 0 aliphatic carbocycles. The van der Waals surface area contributed by atoms with Crippen molar-refractivity contribution in [2.75, 3.05) is 7.11 Å². The molecule has 3 amide bonds. The third kappa shape index (κ3) is 6.21. The van der Waals surface area contributed by atoms with Crippen LogP contribution in [0.3, 0.4) is 0 Å². The van der Waals surface area contributed by atoms with Crippen LogP contribution in [-0.2, 0) is 14.3 Å². The molecule has 0 bridgehead atoms. The summed E-state index contributed by atoms with van der Waals surface area (Å²) in [5.74, 6) is -0.526. The van der Waals surface area contributed by atoms with Crippen molar-refractivity contribution in [2.24, 2.45) is 0 Å². The number of ketones is 1. The first kappa shape index (κ1) is 30.5. The standard InChI is InChI=1S/C34H36N4O6/c1-21(35-33(42)44-34(2,3)4)30(39)26-20-37-32(41)27(36-31(40)24-14-10-7-11-15-24)29(22-12-8-6-9-13-22)38(37)28(26)23-16-18-25(43-5)19-17-23/h6-21,27-29H,1-5H3,(H,35,42)(H,36,40)/t21-,27+,28-,29+/m0/s1. The number of benzene rings is 3. The number of rotatable bonds is 8. The number of carbonyl (C=O) groups excluding carboxylic acids is 4. The molecule has 0 saturated carbocycles. The van der Waals surface area contributed by atoms with Crippen LogP contribution < -0.4 is 15.4 Å². The number of fused-ring (bicyclic) bond motifs is 1. The molecule has 0 unspecified atom stereocenters. The Morgan fingerprint density at radius 1 is 0.864 bits per heavy atom. The summed E-state index contributed by atoms with van der Waals surface area (Å²) in [6, 6.07) is 22.1. The highest BCUT2D eigenvalue weighted by molar-refractivity contribution is 6.04. The van der Waals surface area contributed by atoms with Gasteiger partial charge in [0.2, 0.25) is 0 Å². The van der Waals surface area contributed by atoms with E-state index in [1.807, 2.05) is 53.5 Å². The van der Waals surface area contributed by atoms with Crippen LogP contribution in [0, 0.1) is 0 Å². The smallest absolute Gasteiger partial charge is 0.408 e. The molecule has 2 N–H and O–H groups in total. The molecule has 1 saturated heterocycles. The molecule has 44 heavy (non-hydrogen) atoms. The highest BCUT2D eigenvalue weighted by Crippen LogP contribution is 2.48. The third-order valence-electron chi connectivity index (χ3n) is 7.47. The van der Waals surface area contributed by atoms with Gasteiger partial charge < -0.3 is 20.1 Å². The van der Waals surface area contributed by atoms with E-state index in [1.54, 1.807) is 71.2 Å². The Morgan fingerprint density at radius 2 is 1.48 bits per heavy atom. The fourth-order valence-corrected chi connectivity index (χ4v) is 5.51. The normalized spacial score (nSPS) is 20.4. The number of nitrogens with one attached hydrogen (secondary N) is 2. The van der Waals surface area contributed by atoms with E-state index in [9.17, 15) is 19.2 Å². The number of ether oxygens (including phenoxy) is 2. The molecule has 228 valence electrons. The number of Topliss-reactive ketones (excluding diaryl/α,β-unsaturated/α-hetero) is 1. The molecule has 2 aliphatic rings. The van der Waals surface area contributed by atoms with Crippen LogP contribution in [0.1, 0.15) is 61.3 Å². The van der Waals surface area contributed by atoms with E-state index in [0.29, 0.717) is 16.9 Å². The topological polar surface area (TPSA) is 117 Å². The zero-order valence-corrected chi connectivity index (χ0v) is 25.3. The minimum atomic E-state index is -0.948. The Balaban J connectivity index is 1.55. The van der Waals surface area contributed by atoms with Crippen molar-refractivity contribution in [1.82, 2.24) is 20.7 Å². The summed E-state index contributed by atoms with van der Waals surface area (Å²) >= 11 is 0. The zero-order valence-electron chi connectivity index (χ0n) is 25.3. The highest BCUT2D eigenvalue weighted by Gasteiger charge is 2.55. The molecule has 3 aromatic rings. The number of hydrazine groups is 1. The molecule has 0 radical (unpaired) electrons. The first-order valence-electron chi connectivity index (χ1n) is 14.4. The quantitative estimate of drug-likeness (QED) is 0.387. The summed E-state index contributed by atoms with van der Waals surface area (Å²) in [6.07, 6.45) is 0.790. The van der Waals surface area contributed by atoms with Crippen LogP contribution in [0.15, 0.2) is 96.7 Å². The third-order valence-corrected chi connectivity index (χ3v) is 7.47. The van der Waals surface area contributed by atoms with Crippen molar-refractivity contribution < 1.29 is 28.7 Å². The summed E-state index contributed by atoms with van der Waals surface area (Å²) in [7, 11) is 1.57. The molecular formula is C34H36N4O6. The number of hydrogen-bond donors (Lipinski definition) is 2. The first-order chi connectivity index (χ1) is 21.0. The Morgan fingerprint density at radius 3 is 2.07 bits per heavy atom. The molecule has 3 aromatic carbocycles. The Kier molecular flexibility index (Phi) is 8.55. The van der Waals surface area contributed by atoms with Gasteiger partial charge in [0.05, 0.1) is 25.2 Å². The minimum absolute atomic E-state index is 0.306. The fourth-order valence-electron chi connectivity index (χ4n) is 5.51. The molecule has 10 heteroatoms. The maximum atomic E-state index is 14.1. The molecule has 2 heterocycles. The molecule has 2 aliphatic heterocycles. The number of nitrogens with zero attached hydrogens (tertiary/aromatic N) is 2. The molecule has 10 nitrogen and oxygen atoms in total. The van der Waals surface area contributed by atoms with Crippen LogP contribution in [0.4, 0.5) is 4.79 Å². The molecule has 0 aromatic heterocycles. The van der Waals surface area contributed by atoms with E-state index in [-0.39, 0.29) is 11.7 Å². The maximum Gasteiger partial charge on any atom is 0.408 e. The number of amides is 3. The largest absolute Gasteiger partial charge is 0.497 e. The Hall–Kier alpha value is -4.96. The minimum Gasteiger partial charge on any atom is -0.497 e. The molecule has 4 atom stereocenters. The van der Waals surface area contributed by atoms with E-state index in [1.165, 1.54) is 11.2 Å². The number of methoxy groups -OCH3 is 1. The van der Waals surface area contributed by atoms with Gasteiger partial charge >= 0.3 is 6.09 Å². The lowest BCUT2D eigenvalue weighted by molar-refractivity contribution is -0.134. The predicted octanol–water partition coefficient (Wildman–Crippen LogP) is 4.72. The Bertz CT molecular complexity index is 1570. The van der Waals surface area contributed by atoms with Gasteiger partial charge in [-0.25, -0.2) is 9.80 Å². The summed E-state index contributed by atoms with van der Waals surface area (Å²) in [5.41, 5.74) is 1.49. The van der Waals surface area contributed by atoms with E-state index in [0.717, 1.165) is 11.1 Å². The van der Waals surface area contributed by atoms with Crippen LogP contribution in [0.5, 0.6) is 5.75 Å². The van der Waals surface area contributed by atoms with E-state index in [4.69, 9.17) is 9.47 Å². The van der Waals surface area contributed by atoms with Crippen LogP contribution in [0.25, 0.3) is 0 Å². The fraction of sp³-hybridized carbons (Fsp3) is 0.294. The lowest BCUT2D eigenvalue weighted by Crippen LogP contribution is -2.45. The first-order valence-corrected chi connectivity index (χ1v) is 14.4. The van der Waals surface area contributed by atoms with Crippen molar-refractivity contribution >= 4 is 23.7 Å². The molecule has 0 spiro atoms. The van der Waals surface area contributed by atoms with Gasteiger partial charge in [0.25, 0.3) is 11.8 Å². The van der Waals surface area contributed by atoms with Gasteiger partial charge in [-0.3, -0.25) is 14.4 Å². The van der Waals surface area contributed by atoms with E-state index in [2.05, 4.69) is 10.6 Å². The van der Waals surface area contributed by atoms with E-state index >= 15 is 0 Å². The number of hydrogen-bond acceptors (Lipinski definition) is 7. The maximum absolute atomic E-state index is 14.1. The monoisotopic (exact) mass is 596 g/mol. The van der Waals surface area contributed by atoms with Crippen LogP contribution in [0.2, 0.25) is 0 Å². The van der Waals surface area contributed by atoms with Gasteiger partial charge in [-0.15, -0.1) is 0 Å². The summed E-state index contributed by atoms with van der Waals surface area (Å²) in [4.78, 5) is 53.9. The van der Waals surface area contributed by atoms with Gasteiger partial charge in [0.1, 0.15) is 17.4 Å². The second kappa shape index (κ2) is 12.3. The Labute approximate surface area is 256 Å². The average molecular weight is 597 g/mol. The summed E-state index contributed by atoms with van der Waals surface area (Å²) in [5, 5.41) is 8.81. The van der Waals surface area contributed by atoms with Crippen molar-refractivity contribution in [1.29, 1.82) is 0 Å². The average Bonchev–Trinajstić information content (AvgIpc) is 3.51. The summed E-state index contributed by atoms with van der Waals surface area (Å²) < 4.78 is 10.7. The second-order valence-corrected chi connectivity index (χ2v) is 11.7. The number of alkyl carbamates (subject to hydrolysis) is 1. The van der Waals surface area contributed by atoms with Gasteiger partial charge in [-0.2, -0.15) is 5.01 Å². The molecule has 1 fully saturated rings. The highest BCUT2D eigenvalue weighted by atomic mass is 16.6. The molecule has 5 rings (SSSR count). The zero-order chi connectivity index (χ0) is 31.6. The lowest BCUT2D eigenvalue weighted by atomic mass is 9.90. The van der Waals surface area contributed by atoms with Gasteiger partial charge in [0, 0.05) is 17.3 Å². The van der Waals surface area contributed by atoms with Gasteiger partial charge in [0.15, 0.2) is 5.78 Å². The number of carbonyl (C=O) groups is 4. The molecular weight excluding hydrogens is 560 g/mol. The predicted molar refractivity (Wildman–Crippen MR) is 163 cm³/mol. The SMILES string of the molecule is COc1ccc([C@H]2C(C(=O)[C@H](C)NC(=O)OC(C)(C)C)=CN3C(=O)[C@H](NC(=O)c4ccccc4)[C@@H](c4ccccc4)N23)cc1. The second-order valence-electron chi connectivity index (χ2n) is 11.7. The van der Waals surface area contributed by atoms with Crippen LogP contribution >= 0.6 is 0 Å². The van der Waals surface area contributed by atoms with Crippen molar-refractivity contribution in [2.45, 2.75) is 57.5 Å². The van der Waals surface area contributed by atoms with Crippen molar-refractivity contribution in [3.63, 3.8) is 0 Å². The van der Waals surface area contributed by atoms with Gasteiger partial charge in [-0.1, -0.05) is 60.7 Å². The van der Waals surface area contributed by atoms with Gasteiger partial charge in [-0.05, 0) is 63.1 Å². The van der Waals surface area contributed by atoms with E-state index < -0.39 is 41.8 Å². The van der Waals surface area contributed by atoms with Crippen LogP contribution in [-0.4, -0.2) is 58.5 Å². The lowest BCUT2D eigenvalue weighted by Gasteiger charge is -2.33. The summed E-state index contributed by atoms with van der Waals surface area (Å²) in [6.45, 7) is 6.80. The van der Waals surface area contributed by atoms with Crippen molar-refractivity contribution in [3.8, 4) is 5.75 Å². The van der Waals surface area contributed by atoms with Crippen molar-refractivity contribution in [3.05, 3.63) is 113 Å².